The van der Waals surface area contributed by atoms with Crippen LogP contribution >= 0.6 is 0 Å². The van der Waals surface area contributed by atoms with Gasteiger partial charge in [-0.05, 0) is 6.92 Å². The molecule has 0 saturated carbocycles. The number of anilines is 1. The monoisotopic (exact) mass is 190 g/mol. The molecule has 72 valence electrons. The molecule has 0 aromatic carbocycles. The Morgan fingerprint density at radius 1 is 1.36 bits per heavy atom. The van der Waals surface area contributed by atoms with Crippen LogP contribution in [0.15, 0.2) is 18.7 Å². The molecule has 2 heterocycles. The van der Waals surface area contributed by atoms with Gasteiger partial charge in [-0.3, -0.25) is 0 Å². The van der Waals surface area contributed by atoms with Crippen LogP contribution in [0, 0.1) is 6.92 Å². The first kappa shape index (κ1) is 8.61. The van der Waals surface area contributed by atoms with Crippen molar-refractivity contribution in [1.29, 1.82) is 0 Å². The van der Waals surface area contributed by atoms with Gasteiger partial charge in [-0.2, -0.15) is 10.1 Å². The minimum Gasteiger partial charge on any atom is -0.357 e. The summed E-state index contributed by atoms with van der Waals surface area (Å²) in [5.74, 6) is 1.29. The highest BCUT2D eigenvalue weighted by atomic mass is 15.3. The van der Waals surface area contributed by atoms with Gasteiger partial charge < -0.3 is 5.32 Å². The third-order valence-corrected chi connectivity index (χ3v) is 1.72. The topological polar surface area (TPSA) is 68.5 Å². The van der Waals surface area contributed by atoms with Crippen molar-refractivity contribution >= 4 is 5.95 Å². The largest absolute Gasteiger partial charge is 0.357 e. The summed E-state index contributed by atoms with van der Waals surface area (Å²) in [5.41, 5.74) is 0.884. The highest BCUT2D eigenvalue weighted by Gasteiger charge is 2.02. The molecule has 0 atom stereocenters. The lowest BCUT2D eigenvalue weighted by atomic mass is 10.4. The van der Waals surface area contributed by atoms with Crippen molar-refractivity contribution in [2.24, 2.45) is 0 Å². The SMILES string of the molecule is CNc1nc(C)cc(-n2cncn2)n1. The van der Waals surface area contributed by atoms with Crippen LogP contribution in [-0.4, -0.2) is 31.8 Å². The van der Waals surface area contributed by atoms with Crippen LogP contribution in [0.4, 0.5) is 5.95 Å². The summed E-state index contributed by atoms with van der Waals surface area (Å²) >= 11 is 0. The Hall–Kier alpha value is -1.98. The molecule has 0 amide bonds. The molecule has 0 aliphatic heterocycles. The van der Waals surface area contributed by atoms with Crippen molar-refractivity contribution in [3.63, 3.8) is 0 Å². The van der Waals surface area contributed by atoms with Gasteiger partial charge in [0.1, 0.15) is 12.7 Å². The van der Waals surface area contributed by atoms with Gasteiger partial charge in [0.05, 0.1) is 0 Å². The van der Waals surface area contributed by atoms with E-state index in [9.17, 15) is 0 Å². The molecule has 0 radical (unpaired) electrons. The van der Waals surface area contributed by atoms with E-state index >= 15 is 0 Å². The quantitative estimate of drug-likeness (QED) is 0.742. The van der Waals surface area contributed by atoms with Gasteiger partial charge in [-0.1, -0.05) is 0 Å². The second-order valence-corrected chi connectivity index (χ2v) is 2.78. The smallest absolute Gasteiger partial charge is 0.224 e. The lowest BCUT2D eigenvalue weighted by Crippen LogP contribution is -2.04. The predicted molar refractivity (Wildman–Crippen MR) is 51.2 cm³/mol. The molecule has 1 N–H and O–H groups in total. The van der Waals surface area contributed by atoms with Gasteiger partial charge in [0.25, 0.3) is 0 Å². The van der Waals surface area contributed by atoms with Crippen LogP contribution in [0.1, 0.15) is 5.69 Å². The fraction of sp³-hybridized carbons (Fsp3) is 0.250. The number of aryl methyl sites for hydroxylation is 1. The summed E-state index contributed by atoms with van der Waals surface area (Å²) in [5, 5.41) is 6.88. The number of aromatic nitrogens is 5. The second-order valence-electron chi connectivity index (χ2n) is 2.78. The summed E-state index contributed by atoms with van der Waals surface area (Å²) < 4.78 is 1.59. The Balaban J connectivity index is 2.48. The summed E-state index contributed by atoms with van der Waals surface area (Å²) in [6.07, 6.45) is 3.07. The van der Waals surface area contributed by atoms with Crippen LogP contribution in [0.5, 0.6) is 0 Å². The van der Waals surface area contributed by atoms with Gasteiger partial charge >= 0.3 is 0 Å². The Morgan fingerprint density at radius 2 is 2.21 bits per heavy atom. The third-order valence-electron chi connectivity index (χ3n) is 1.72. The van der Waals surface area contributed by atoms with Crippen molar-refractivity contribution in [2.45, 2.75) is 6.92 Å². The first-order valence-electron chi connectivity index (χ1n) is 4.18. The fourth-order valence-corrected chi connectivity index (χ4v) is 1.11. The lowest BCUT2D eigenvalue weighted by Gasteiger charge is -2.03. The molecule has 2 rings (SSSR count). The van der Waals surface area contributed by atoms with Gasteiger partial charge in [0.2, 0.25) is 5.95 Å². The summed E-state index contributed by atoms with van der Waals surface area (Å²) in [6, 6.07) is 1.84. The molecule has 14 heavy (non-hydrogen) atoms. The number of rotatable bonds is 2. The third kappa shape index (κ3) is 1.54. The van der Waals surface area contributed by atoms with E-state index in [1.54, 1.807) is 18.1 Å². The molecular weight excluding hydrogens is 180 g/mol. The number of nitrogens with zero attached hydrogens (tertiary/aromatic N) is 5. The molecule has 6 nitrogen and oxygen atoms in total. The highest BCUT2D eigenvalue weighted by Crippen LogP contribution is 2.07. The van der Waals surface area contributed by atoms with E-state index in [0.717, 1.165) is 5.69 Å². The minimum absolute atomic E-state index is 0.579. The number of nitrogens with one attached hydrogen (secondary N) is 1. The van der Waals surface area contributed by atoms with E-state index < -0.39 is 0 Å². The zero-order valence-electron chi connectivity index (χ0n) is 7.97. The van der Waals surface area contributed by atoms with Crippen molar-refractivity contribution in [3.05, 3.63) is 24.4 Å². The number of hydrogen-bond donors (Lipinski definition) is 1. The van der Waals surface area contributed by atoms with Crippen LogP contribution in [0.25, 0.3) is 5.82 Å². The molecule has 0 bridgehead atoms. The van der Waals surface area contributed by atoms with Gasteiger partial charge in [-0.15, -0.1) is 0 Å². The molecule has 0 unspecified atom stereocenters. The van der Waals surface area contributed by atoms with Crippen molar-refractivity contribution in [3.8, 4) is 5.82 Å². The summed E-state index contributed by atoms with van der Waals surface area (Å²) in [6.45, 7) is 1.91. The first-order valence-corrected chi connectivity index (χ1v) is 4.18. The molecule has 2 aromatic rings. The van der Waals surface area contributed by atoms with E-state index in [4.69, 9.17) is 0 Å². The van der Waals surface area contributed by atoms with Crippen LogP contribution in [-0.2, 0) is 0 Å². The van der Waals surface area contributed by atoms with Crippen molar-refractivity contribution in [2.75, 3.05) is 12.4 Å². The van der Waals surface area contributed by atoms with Crippen molar-refractivity contribution < 1.29 is 0 Å². The van der Waals surface area contributed by atoms with E-state index in [0.29, 0.717) is 11.8 Å². The Morgan fingerprint density at radius 3 is 2.86 bits per heavy atom. The molecule has 0 aliphatic carbocycles. The zero-order valence-corrected chi connectivity index (χ0v) is 7.97. The summed E-state index contributed by atoms with van der Waals surface area (Å²) in [4.78, 5) is 12.3. The lowest BCUT2D eigenvalue weighted by molar-refractivity contribution is 0.835. The van der Waals surface area contributed by atoms with Gasteiger partial charge in [0.15, 0.2) is 5.82 Å². The van der Waals surface area contributed by atoms with E-state index in [2.05, 4.69) is 25.4 Å². The Labute approximate surface area is 81.0 Å². The predicted octanol–water partition coefficient (Wildman–Crippen LogP) is 0.407. The van der Waals surface area contributed by atoms with E-state index in [1.165, 1.54) is 6.33 Å². The molecule has 6 heteroatoms. The normalized spacial score (nSPS) is 10.1. The summed E-state index contributed by atoms with van der Waals surface area (Å²) in [7, 11) is 1.78. The molecular formula is C8H10N6. The maximum absolute atomic E-state index is 4.23. The zero-order chi connectivity index (χ0) is 9.97. The maximum atomic E-state index is 4.23. The molecule has 2 aromatic heterocycles. The second kappa shape index (κ2) is 3.41. The fourth-order valence-electron chi connectivity index (χ4n) is 1.11. The number of hydrogen-bond acceptors (Lipinski definition) is 5. The van der Waals surface area contributed by atoms with E-state index in [1.807, 2.05) is 13.0 Å². The molecule has 0 spiro atoms. The average molecular weight is 190 g/mol. The first-order chi connectivity index (χ1) is 6.79. The standard InChI is InChI=1S/C8H10N6/c1-6-3-7(13-8(9-2)12-6)14-5-10-4-11-14/h3-5H,1-2H3,(H,9,12,13). The van der Waals surface area contributed by atoms with Crippen LogP contribution in [0.2, 0.25) is 0 Å². The van der Waals surface area contributed by atoms with Gasteiger partial charge in [-0.25, -0.2) is 14.6 Å². The molecule has 0 saturated heterocycles. The van der Waals surface area contributed by atoms with E-state index in [-0.39, 0.29) is 0 Å². The molecule has 0 fully saturated rings. The average Bonchev–Trinajstić information content (AvgIpc) is 2.69. The Kier molecular flexibility index (Phi) is 2.10. The maximum Gasteiger partial charge on any atom is 0.224 e. The molecule has 0 aliphatic rings. The van der Waals surface area contributed by atoms with Crippen LogP contribution in [0.3, 0.4) is 0 Å². The minimum atomic E-state index is 0.579. The van der Waals surface area contributed by atoms with Crippen LogP contribution < -0.4 is 5.32 Å². The van der Waals surface area contributed by atoms with Gasteiger partial charge in [0, 0.05) is 18.8 Å². The highest BCUT2D eigenvalue weighted by molar-refractivity contribution is 5.33. The van der Waals surface area contributed by atoms with Crippen molar-refractivity contribution in [1.82, 2.24) is 24.7 Å². The Bertz CT molecular complexity index is 421.